The Morgan fingerprint density at radius 1 is 1.29 bits per heavy atom. The van der Waals surface area contributed by atoms with E-state index in [1.165, 1.54) is 11.1 Å². The maximum atomic E-state index is 12.9. The molecule has 230 valence electrons. The number of amides is 2. The molecule has 2 amide bonds. The number of carbonyl (C=O) groups excluding carboxylic acids is 1. The number of hydrogen-bond acceptors (Lipinski definition) is 6. The number of rotatable bonds is 13. The van der Waals surface area contributed by atoms with E-state index in [4.69, 9.17) is 4.74 Å². The molecular formula is C27H43F3N6O4Si. The van der Waals surface area contributed by atoms with Gasteiger partial charge in [-0.15, -0.1) is 0 Å². The number of unbranched alkanes of at least 4 members (excludes halogenated alkanes) is 1. The molecule has 2 aromatic rings. The minimum absolute atomic E-state index is 0.0738. The van der Waals surface area contributed by atoms with Gasteiger partial charge < -0.3 is 29.9 Å². The summed E-state index contributed by atoms with van der Waals surface area (Å²) < 4.78 is 45.4. The zero-order valence-electron chi connectivity index (χ0n) is 24.6. The first kappa shape index (κ1) is 32.6. The van der Waals surface area contributed by atoms with E-state index in [1.807, 2.05) is 6.92 Å². The van der Waals surface area contributed by atoms with Crippen LogP contribution in [0.2, 0.25) is 25.7 Å². The predicted octanol–water partition coefficient (Wildman–Crippen LogP) is 5.93. The van der Waals surface area contributed by atoms with E-state index in [1.54, 1.807) is 10.8 Å². The van der Waals surface area contributed by atoms with Crippen molar-refractivity contribution in [3.63, 3.8) is 0 Å². The molecule has 10 nitrogen and oxygen atoms in total. The minimum atomic E-state index is -4.38. The van der Waals surface area contributed by atoms with Gasteiger partial charge in [-0.2, -0.15) is 13.2 Å². The molecule has 1 aliphatic rings. The second kappa shape index (κ2) is 13.4. The highest BCUT2D eigenvalue weighted by molar-refractivity contribution is 6.76. The lowest BCUT2D eigenvalue weighted by Crippen LogP contribution is -2.56. The van der Waals surface area contributed by atoms with E-state index in [2.05, 4.69) is 47.2 Å². The second-order valence-electron chi connectivity index (χ2n) is 12.3. The molecule has 2 atom stereocenters. The van der Waals surface area contributed by atoms with Crippen molar-refractivity contribution in [2.75, 3.05) is 25.0 Å². The van der Waals surface area contributed by atoms with Gasteiger partial charge in [0.05, 0.1) is 18.2 Å². The van der Waals surface area contributed by atoms with Gasteiger partial charge in [-0.1, -0.05) is 39.4 Å². The van der Waals surface area contributed by atoms with Crippen LogP contribution in [-0.4, -0.2) is 82.1 Å². The number of fused-ring (bicyclic) bond motifs is 1. The van der Waals surface area contributed by atoms with Crippen molar-refractivity contribution in [3.8, 4) is 0 Å². The summed E-state index contributed by atoms with van der Waals surface area (Å²) in [6, 6.07) is 0.879. The highest BCUT2D eigenvalue weighted by atomic mass is 28.3. The quantitative estimate of drug-likeness (QED) is 0.192. The fraction of sp³-hybridized carbons (Fsp3) is 0.704. The SMILES string of the molecule is CCCCC1(C)CC(Nc2cnc3c(n2)c(C(=O)NCCC(F)(F)F)cn3COCC[Si](C)(C)C)CCN1C(=O)O. The van der Waals surface area contributed by atoms with Crippen LogP contribution in [0.4, 0.5) is 23.8 Å². The number of piperidine rings is 1. The Labute approximate surface area is 240 Å². The third kappa shape index (κ3) is 9.32. The first-order valence-electron chi connectivity index (χ1n) is 14.2. The second-order valence-corrected chi connectivity index (χ2v) is 17.9. The molecular weight excluding hydrogens is 557 g/mol. The molecule has 41 heavy (non-hydrogen) atoms. The van der Waals surface area contributed by atoms with Crippen LogP contribution < -0.4 is 10.6 Å². The van der Waals surface area contributed by atoms with Crippen molar-refractivity contribution < 1.29 is 32.6 Å². The Kier molecular flexibility index (Phi) is 10.7. The van der Waals surface area contributed by atoms with Gasteiger partial charge in [-0.25, -0.2) is 14.8 Å². The number of halogens is 3. The lowest BCUT2D eigenvalue weighted by molar-refractivity contribution is -0.133. The lowest BCUT2D eigenvalue weighted by Gasteiger charge is -2.46. The van der Waals surface area contributed by atoms with Gasteiger partial charge in [0, 0.05) is 45.5 Å². The Hall–Kier alpha value is -2.87. The average Bonchev–Trinajstić information content (AvgIpc) is 3.21. The van der Waals surface area contributed by atoms with Crippen LogP contribution in [0, 0.1) is 0 Å². The molecule has 0 aliphatic carbocycles. The van der Waals surface area contributed by atoms with E-state index in [-0.39, 0.29) is 23.9 Å². The van der Waals surface area contributed by atoms with Gasteiger partial charge in [-0.3, -0.25) is 4.79 Å². The summed E-state index contributed by atoms with van der Waals surface area (Å²) in [6.45, 7) is 11.2. The Balaban J connectivity index is 1.83. The fourth-order valence-corrected chi connectivity index (χ4v) is 5.85. The molecule has 0 bridgehead atoms. The minimum Gasteiger partial charge on any atom is -0.465 e. The van der Waals surface area contributed by atoms with E-state index in [0.717, 1.165) is 25.3 Å². The summed E-state index contributed by atoms with van der Waals surface area (Å²) in [6.07, 6.45) is 0.360. The highest BCUT2D eigenvalue weighted by Crippen LogP contribution is 2.34. The van der Waals surface area contributed by atoms with Crippen LogP contribution in [0.1, 0.15) is 62.7 Å². The third-order valence-electron chi connectivity index (χ3n) is 7.42. The highest BCUT2D eigenvalue weighted by Gasteiger charge is 2.41. The zero-order valence-corrected chi connectivity index (χ0v) is 25.6. The summed E-state index contributed by atoms with van der Waals surface area (Å²) in [5.41, 5.74) is 0.221. The molecule has 1 saturated heterocycles. The van der Waals surface area contributed by atoms with Crippen LogP contribution >= 0.6 is 0 Å². The van der Waals surface area contributed by atoms with Crippen LogP contribution in [0.25, 0.3) is 11.2 Å². The molecule has 14 heteroatoms. The third-order valence-corrected chi connectivity index (χ3v) is 9.13. The number of carboxylic acid groups (broad SMARTS) is 1. The first-order valence-corrected chi connectivity index (χ1v) is 17.9. The molecule has 3 N–H and O–H groups in total. The van der Waals surface area contributed by atoms with E-state index in [0.29, 0.717) is 37.5 Å². The topological polar surface area (TPSA) is 122 Å². The van der Waals surface area contributed by atoms with Gasteiger partial charge in [0.15, 0.2) is 5.65 Å². The number of ether oxygens (including phenoxy) is 1. The standard InChI is InChI=1S/C27H43F3N6O4Si/c1-6-7-9-26(2)15-19(8-12-36(26)25(38)39)33-21-16-32-23-22(34-21)20(24(37)31-11-10-27(28,29)30)17-35(23)18-40-13-14-41(3,4)5/h16-17,19H,6-15,18H2,1-5H3,(H,31,37)(H,33,34)(H,38,39). The number of aromatic nitrogens is 3. The molecule has 2 aromatic heterocycles. The van der Waals surface area contributed by atoms with Crippen molar-refractivity contribution in [2.45, 2.75) is 103 Å². The number of nitrogens with one attached hydrogen (secondary N) is 2. The summed E-state index contributed by atoms with van der Waals surface area (Å²) >= 11 is 0. The Morgan fingerprint density at radius 3 is 2.66 bits per heavy atom. The van der Waals surface area contributed by atoms with Gasteiger partial charge in [0.2, 0.25) is 0 Å². The number of anilines is 1. The molecule has 0 spiro atoms. The normalized spacial score (nSPS) is 19.9. The van der Waals surface area contributed by atoms with Gasteiger partial charge in [0.25, 0.3) is 5.91 Å². The fourth-order valence-electron chi connectivity index (χ4n) is 5.09. The summed E-state index contributed by atoms with van der Waals surface area (Å²) in [4.78, 5) is 35.5. The van der Waals surface area contributed by atoms with Gasteiger partial charge in [0.1, 0.15) is 18.1 Å². The van der Waals surface area contributed by atoms with Crippen molar-refractivity contribution in [3.05, 3.63) is 18.0 Å². The maximum Gasteiger partial charge on any atom is 0.407 e. The van der Waals surface area contributed by atoms with Crippen LogP contribution in [-0.2, 0) is 11.5 Å². The number of carbonyl (C=O) groups is 2. The molecule has 0 saturated carbocycles. The number of nitrogens with zero attached hydrogens (tertiary/aromatic N) is 4. The van der Waals surface area contributed by atoms with Crippen molar-refractivity contribution in [2.24, 2.45) is 0 Å². The molecule has 1 aliphatic heterocycles. The summed E-state index contributed by atoms with van der Waals surface area (Å²) in [5.74, 6) is -0.265. The zero-order chi connectivity index (χ0) is 30.4. The van der Waals surface area contributed by atoms with Gasteiger partial charge in [-0.05, 0) is 32.2 Å². The molecule has 3 heterocycles. The largest absolute Gasteiger partial charge is 0.465 e. The smallest absolute Gasteiger partial charge is 0.407 e. The lowest BCUT2D eigenvalue weighted by atomic mass is 9.81. The summed E-state index contributed by atoms with van der Waals surface area (Å²) in [7, 11) is -1.31. The van der Waals surface area contributed by atoms with Crippen LogP contribution in [0.3, 0.4) is 0 Å². The Bertz CT molecular complexity index is 1200. The van der Waals surface area contributed by atoms with E-state index < -0.39 is 44.8 Å². The number of likely N-dealkylation sites (tertiary alicyclic amines) is 1. The molecule has 3 rings (SSSR count). The monoisotopic (exact) mass is 600 g/mol. The molecule has 1 fully saturated rings. The van der Waals surface area contributed by atoms with Crippen LogP contribution in [0.5, 0.6) is 0 Å². The van der Waals surface area contributed by atoms with E-state index in [9.17, 15) is 27.9 Å². The predicted molar refractivity (Wildman–Crippen MR) is 154 cm³/mol. The Morgan fingerprint density at radius 2 is 2.02 bits per heavy atom. The van der Waals surface area contributed by atoms with Crippen molar-refractivity contribution >= 4 is 37.1 Å². The molecule has 0 aromatic carbocycles. The molecule has 0 radical (unpaired) electrons. The van der Waals surface area contributed by atoms with Gasteiger partial charge >= 0.3 is 12.3 Å². The number of hydrogen-bond donors (Lipinski definition) is 3. The van der Waals surface area contributed by atoms with Crippen molar-refractivity contribution in [1.29, 1.82) is 0 Å². The van der Waals surface area contributed by atoms with Crippen molar-refractivity contribution in [1.82, 2.24) is 24.8 Å². The number of alkyl halides is 3. The first-order chi connectivity index (χ1) is 19.1. The summed E-state index contributed by atoms with van der Waals surface area (Å²) in [5, 5.41) is 15.4. The van der Waals surface area contributed by atoms with E-state index >= 15 is 0 Å². The average molecular weight is 601 g/mol. The molecule has 2 unspecified atom stereocenters. The van der Waals surface area contributed by atoms with Crippen LogP contribution in [0.15, 0.2) is 12.4 Å². The maximum absolute atomic E-state index is 12.9.